The van der Waals surface area contributed by atoms with Gasteiger partial charge in [-0.2, -0.15) is 0 Å². The fourth-order valence-electron chi connectivity index (χ4n) is 2.06. The summed E-state index contributed by atoms with van der Waals surface area (Å²) >= 11 is 0. The van der Waals surface area contributed by atoms with E-state index >= 15 is 0 Å². The summed E-state index contributed by atoms with van der Waals surface area (Å²) < 4.78 is 0. The molecule has 0 aromatic heterocycles. The molecule has 0 amide bonds. The average Bonchev–Trinajstić information content (AvgIpc) is 2.33. The van der Waals surface area contributed by atoms with Gasteiger partial charge in [0.2, 0.25) is 0 Å². The molecule has 0 nitrogen and oxygen atoms in total. The largest absolute Gasteiger partial charge is 0.103 e. The Balaban J connectivity index is 4.02. The number of hydrogen-bond acceptors (Lipinski definition) is 0. The minimum absolute atomic E-state index is 0.494. The summed E-state index contributed by atoms with van der Waals surface area (Å²) in [5.74, 6) is 7.33. The van der Waals surface area contributed by atoms with Gasteiger partial charge in [0.05, 0.1) is 0 Å². The first-order valence-corrected chi connectivity index (χ1v) is 7.84. The highest BCUT2D eigenvalue weighted by molar-refractivity contribution is 5.13. The lowest BCUT2D eigenvalue weighted by Crippen LogP contribution is -1.94. The fraction of sp³-hybridized carbons (Fsp3) is 0.778. The van der Waals surface area contributed by atoms with Gasteiger partial charge in [-0.15, -0.1) is 5.92 Å². The first-order valence-electron chi connectivity index (χ1n) is 7.84. The summed E-state index contributed by atoms with van der Waals surface area (Å²) in [7, 11) is 0. The third-order valence-electron chi connectivity index (χ3n) is 3.10. The van der Waals surface area contributed by atoms with Crippen molar-refractivity contribution in [2.75, 3.05) is 0 Å². The van der Waals surface area contributed by atoms with Crippen LogP contribution in [0.3, 0.4) is 0 Å². The maximum Gasteiger partial charge on any atom is 0.0385 e. The van der Waals surface area contributed by atoms with E-state index in [2.05, 4.69) is 45.6 Å². The monoisotopic (exact) mass is 248 g/mol. The van der Waals surface area contributed by atoms with Gasteiger partial charge >= 0.3 is 0 Å². The van der Waals surface area contributed by atoms with Crippen LogP contribution < -0.4 is 0 Å². The maximum absolute atomic E-state index is 3.46. The van der Waals surface area contributed by atoms with Crippen LogP contribution in [0.25, 0.3) is 0 Å². The van der Waals surface area contributed by atoms with E-state index in [9.17, 15) is 0 Å². The predicted octanol–water partition coefficient (Wildman–Crippen LogP) is 6.12. The van der Waals surface area contributed by atoms with E-state index < -0.39 is 0 Å². The zero-order valence-corrected chi connectivity index (χ0v) is 13.0. The van der Waals surface area contributed by atoms with Gasteiger partial charge < -0.3 is 0 Å². The first kappa shape index (κ1) is 17.3. The van der Waals surface area contributed by atoms with Gasteiger partial charge in [-0.25, -0.2) is 0 Å². The number of allylic oxidation sites excluding steroid dienone is 2. The van der Waals surface area contributed by atoms with E-state index in [1.807, 2.05) is 0 Å². The van der Waals surface area contributed by atoms with E-state index in [0.717, 1.165) is 6.42 Å². The molecule has 0 heteroatoms. The molecule has 0 aliphatic heterocycles. The van der Waals surface area contributed by atoms with Crippen molar-refractivity contribution in [1.29, 1.82) is 0 Å². The van der Waals surface area contributed by atoms with Crippen molar-refractivity contribution in [3.05, 3.63) is 11.6 Å². The first-order chi connectivity index (χ1) is 8.70. The molecule has 0 saturated heterocycles. The summed E-state index contributed by atoms with van der Waals surface area (Å²) in [4.78, 5) is 0. The normalized spacial score (nSPS) is 11.6. The molecule has 0 rings (SSSR count). The standard InChI is InChI=1S/C18H32/c1-5-7-9-11-13-15-18(16-17(3)4)14-12-10-8-6-2/h16,18H,5-12,14H2,1-4H3. The lowest BCUT2D eigenvalue weighted by Gasteiger charge is -2.06. The highest BCUT2D eigenvalue weighted by Crippen LogP contribution is 2.13. The number of hydrogen-bond donors (Lipinski definition) is 0. The van der Waals surface area contributed by atoms with Crippen LogP contribution in [-0.2, 0) is 0 Å². The van der Waals surface area contributed by atoms with E-state index in [1.54, 1.807) is 0 Å². The van der Waals surface area contributed by atoms with Crippen LogP contribution in [0.1, 0.15) is 85.5 Å². The Morgan fingerprint density at radius 1 is 0.944 bits per heavy atom. The summed E-state index contributed by atoms with van der Waals surface area (Å²) in [6.45, 7) is 8.86. The van der Waals surface area contributed by atoms with Crippen molar-refractivity contribution in [3.8, 4) is 11.8 Å². The SMILES string of the molecule is CCCCCC#CC(C=C(C)C)CCCCCC. The minimum atomic E-state index is 0.494. The molecule has 0 aliphatic rings. The smallest absolute Gasteiger partial charge is 0.0385 e. The van der Waals surface area contributed by atoms with Gasteiger partial charge in [-0.3, -0.25) is 0 Å². The van der Waals surface area contributed by atoms with Gasteiger partial charge in [0.25, 0.3) is 0 Å². The molecule has 0 aromatic carbocycles. The van der Waals surface area contributed by atoms with Crippen LogP contribution in [0.15, 0.2) is 11.6 Å². The van der Waals surface area contributed by atoms with Gasteiger partial charge in [-0.05, 0) is 26.7 Å². The number of rotatable bonds is 9. The maximum atomic E-state index is 3.46. The predicted molar refractivity (Wildman–Crippen MR) is 83.6 cm³/mol. The van der Waals surface area contributed by atoms with Crippen LogP contribution in [0.5, 0.6) is 0 Å². The van der Waals surface area contributed by atoms with Crippen molar-refractivity contribution in [2.45, 2.75) is 85.5 Å². The van der Waals surface area contributed by atoms with Gasteiger partial charge in [0.15, 0.2) is 0 Å². The summed E-state index contributed by atoms with van der Waals surface area (Å²) in [6.07, 6.45) is 13.9. The number of unbranched alkanes of at least 4 members (excludes halogenated alkanes) is 6. The van der Waals surface area contributed by atoms with Gasteiger partial charge in [-0.1, -0.05) is 69.9 Å². The zero-order valence-electron chi connectivity index (χ0n) is 13.0. The quantitative estimate of drug-likeness (QED) is 0.262. The van der Waals surface area contributed by atoms with Crippen molar-refractivity contribution in [1.82, 2.24) is 0 Å². The molecule has 0 fully saturated rings. The molecule has 1 unspecified atom stereocenters. The van der Waals surface area contributed by atoms with Crippen LogP contribution >= 0.6 is 0 Å². The Labute approximate surface area is 115 Å². The summed E-state index contributed by atoms with van der Waals surface area (Å²) in [6, 6.07) is 0. The molecule has 0 aromatic rings. The highest BCUT2D eigenvalue weighted by atomic mass is 14.0. The third-order valence-corrected chi connectivity index (χ3v) is 3.10. The Bertz CT molecular complexity index is 257. The van der Waals surface area contributed by atoms with E-state index in [0.29, 0.717) is 5.92 Å². The van der Waals surface area contributed by atoms with Gasteiger partial charge in [0, 0.05) is 12.3 Å². The fourth-order valence-corrected chi connectivity index (χ4v) is 2.06. The van der Waals surface area contributed by atoms with Crippen molar-refractivity contribution in [3.63, 3.8) is 0 Å². The van der Waals surface area contributed by atoms with Crippen molar-refractivity contribution in [2.24, 2.45) is 5.92 Å². The Kier molecular flexibility index (Phi) is 12.3. The molecular formula is C18H32. The lowest BCUT2D eigenvalue weighted by atomic mass is 9.98. The molecule has 0 N–H and O–H groups in total. The second-order valence-corrected chi connectivity index (χ2v) is 5.48. The highest BCUT2D eigenvalue weighted by Gasteiger charge is 2.00. The zero-order chi connectivity index (χ0) is 13.6. The molecule has 1 atom stereocenters. The second-order valence-electron chi connectivity index (χ2n) is 5.48. The molecular weight excluding hydrogens is 216 g/mol. The van der Waals surface area contributed by atoms with E-state index in [-0.39, 0.29) is 0 Å². The topological polar surface area (TPSA) is 0 Å². The van der Waals surface area contributed by atoms with Crippen LogP contribution in [0.2, 0.25) is 0 Å². The average molecular weight is 248 g/mol. The second kappa shape index (κ2) is 12.7. The molecule has 0 saturated carbocycles. The molecule has 18 heavy (non-hydrogen) atoms. The molecule has 0 heterocycles. The molecule has 0 bridgehead atoms. The minimum Gasteiger partial charge on any atom is -0.103 e. The Morgan fingerprint density at radius 3 is 2.22 bits per heavy atom. The molecule has 104 valence electrons. The molecule has 0 radical (unpaired) electrons. The van der Waals surface area contributed by atoms with Crippen LogP contribution in [0.4, 0.5) is 0 Å². The summed E-state index contributed by atoms with van der Waals surface area (Å²) in [5.41, 5.74) is 1.40. The van der Waals surface area contributed by atoms with Crippen molar-refractivity contribution < 1.29 is 0 Å². The van der Waals surface area contributed by atoms with Crippen LogP contribution in [-0.4, -0.2) is 0 Å². The van der Waals surface area contributed by atoms with E-state index in [1.165, 1.54) is 56.9 Å². The Hall–Kier alpha value is -0.700. The molecule has 0 spiro atoms. The van der Waals surface area contributed by atoms with E-state index in [4.69, 9.17) is 0 Å². The Morgan fingerprint density at radius 2 is 1.61 bits per heavy atom. The molecule has 0 aliphatic carbocycles. The van der Waals surface area contributed by atoms with Gasteiger partial charge in [0.1, 0.15) is 0 Å². The lowest BCUT2D eigenvalue weighted by molar-refractivity contribution is 0.596. The summed E-state index contributed by atoms with van der Waals surface area (Å²) in [5, 5.41) is 0. The van der Waals surface area contributed by atoms with Crippen LogP contribution in [0, 0.1) is 17.8 Å². The third kappa shape index (κ3) is 11.8. The van der Waals surface area contributed by atoms with Crippen molar-refractivity contribution >= 4 is 0 Å².